The van der Waals surface area contributed by atoms with Crippen LogP contribution in [-0.2, 0) is 80.4 Å². The molecule has 0 aliphatic rings. The van der Waals surface area contributed by atoms with E-state index in [2.05, 4.69) is 128 Å². The van der Waals surface area contributed by atoms with E-state index in [0.717, 1.165) is 178 Å². The van der Waals surface area contributed by atoms with Crippen LogP contribution < -0.4 is 0 Å². The van der Waals surface area contributed by atoms with Crippen molar-refractivity contribution in [2.75, 3.05) is 0 Å². The van der Waals surface area contributed by atoms with Gasteiger partial charge in [-0.25, -0.2) is 0 Å². The van der Waals surface area contributed by atoms with Gasteiger partial charge in [0, 0.05) is 152 Å². The van der Waals surface area contributed by atoms with Crippen LogP contribution in [0.5, 0.6) is 0 Å². The Balaban J connectivity index is 0.000000129. The summed E-state index contributed by atoms with van der Waals surface area (Å²) in [6.07, 6.45) is 19.2. The molecule has 16 heterocycles. The maximum absolute atomic E-state index is 5.80. The molecular formula is C112H76Ir4N12O4-8. The fourth-order valence-corrected chi connectivity index (χ4v) is 13.6. The van der Waals surface area contributed by atoms with Crippen LogP contribution in [0.4, 0.5) is 0 Å². The van der Waals surface area contributed by atoms with Gasteiger partial charge in [0.2, 0.25) is 0 Å². The molecule has 0 aliphatic heterocycles. The molecule has 16 nitrogen and oxygen atoms in total. The van der Waals surface area contributed by atoms with Crippen LogP contribution in [0.25, 0.3) is 179 Å². The molecule has 0 atom stereocenters. The number of hydrogen-bond donors (Lipinski definition) is 0. The molecule has 4 radical (unpaired) electrons. The minimum atomic E-state index is 0. The second-order valence-corrected chi connectivity index (χ2v) is 29.1. The summed E-state index contributed by atoms with van der Waals surface area (Å²) in [6, 6.07) is 130. The van der Waals surface area contributed by atoms with E-state index >= 15 is 0 Å². The first-order valence-corrected chi connectivity index (χ1v) is 41.2. The Labute approximate surface area is 817 Å². The molecule has 0 saturated carbocycles. The van der Waals surface area contributed by atoms with Crippen LogP contribution >= 0.6 is 0 Å². The molecule has 0 amide bonds. The van der Waals surface area contributed by atoms with Crippen LogP contribution in [0, 0.1) is 76.4 Å². The Hall–Kier alpha value is -14.6. The minimum absolute atomic E-state index is 0. The molecule has 20 heteroatoms. The third-order valence-electron chi connectivity index (χ3n) is 20.2. The van der Waals surface area contributed by atoms with Gasteiger partial charge in [-0.3, -0.25) is 15.0 Å². The summed E-state index contributed by atoms with van der Waals surface area (Å²) < 4.78 is 23.0. The van der Waals surface area contributed by atoms with Gasteiger partial charge in [-0.1, -0.05) is 156 Å². The standard InChI is InChI=1S/2C17H11N2O.2C16H9N2O.C13H12N.3C11H8N.4Ir/c1-11-6-7-18-15(8-11)12-9-14-13-4-2-3-5-16(13)20-17(14)19-10-12;1-11-8-9-18-14(10-11)13-6-7-16-17(19-13)12-4-2-3-5-15(12)20-16;1-2-7-14-11(5-1)16-15(19-14)9-8-13(18-16)12-6-3-4-10-17-12;1-2-8-17-13(4-1)11-6-7-12-15(10-11)19-14-5-3-9-18-16(12)14;1-10-8-13(14-9-11(10)2)12-6-4-3-5-7-12;3*1-2-6-10(7-3-1)11-8-4-5-9-12-11;;;;/h2-9H,1H3;2-5,7-10H,1H3;1-7,9-10H;1-5,7-10H;3-6,8-9H,1-2H3;3*1-6,8-9H;;;;/q8*-1;;;;. The molecule has 0 fully saturated rings. The molecule has 0 N–H and O–H groups in total. The van der Waals surface area contributed by atoms with Gasteiger partial charge in [0.1, 0.15) is 28.0 Å². The second-order valence-electron chi connectivity index (χ2n) is 29.1. The van der Waals surface area contributed by atoms with Crippen molar-refractivity contribution in [3.63, 3.8) is 0 Å². The fourth-order valence-electron chi connectivity index (χ4n) is 13.6. The number of aryl methyl sites for hydroxylation is 4. The van der Waals surface area contributed by atoms with Gasteiger partial charge in [0.15, 0.2) is 0 Å². The van der Waals surface area contributed by atoms with Gasteiger partial charge in [-0.2, -0.15) is 12.1 Å². The summed E-state index contributed by atoms with van der Waals surface area (Å²) in [4.78, 5) is 52.3. The maximum Gasteiger partial charge on any atom is 0.141 e. The zero-order chi connectivity index (χ0) is 87.0. The van der Waals surface area contributed by atoms with E-state index in [4.69, 9.17) is 17.7 Å². The number of benzene rings is 8. The van der Waals surface area contributed by atoms with E-state index in [1.54, 1.807) is 49.6 Å². The number of furan rings is 4. The van der Waals surface area contributed by atoms with Crippen molar-refractivity contribution in [2.24, 2.45) is 0 Å². The van der Waals surface area contributed by atoms with Crippen molar-refractivity contribution in [1.29, 1.82) is 0 Å². The summed E-state index contributed by atoms with van der Waals surface area (Å²) in [5.41, 5.74) is 28.4. The predicted molar refractivity (Wildman–Crippen MR) is 507 cm³/mol. The number of pyridine rings is 12. The number of nitrogens with zero attached hydrogens (tertiary/aromatic N) is 12. The van der Waals surface area contributed by atoms with Crippen LogP contribution in [-0.4, -0.2) is 59.8 Å². The molecule has 24 rings (SSSR count). The molecule has 0 unspecified atom stereocenters. The molecule has 132 heavy (non-hydrogen) atoms. The average Bonchev–Trinajstić information content (AvgIpc) is 1.65. The van der Waals surface area contributed by atoms with E-state index < -0.39 is 0 Å². The molecule has 24 aromatic rings. The second kappa shape index (κ2) is 47.1. The first-order chi connectivity index (χ1) is 63.1. The van der Waals surface area contributed by atoms with Crippen LogP contribution in [0.3, 0.4) is 0 Å². The van der Waals surface area contributed by atoms with E-state index in [9.17, 15) is 0 Å². The number of fused-ring (bicyclic) bond motifs is 12. The van der Waals surface area contributed by atoms with Gasteiger partial charge < -0.3 is 62.5 Å². The Bertz CT molecular complexity index is 7300. The molecule has 0 aliphatic carbocycles. The predicted octanol–water partition coefficient (Wildman–Crippen LogP) is 26.8. The van der Waals surface area contributed by atoms with Crippen molar-refractivity contribution in [3.05, 3.63) is 460 Å². The fraction of sp³-hybridized carbons (Fsp3) is 0.0357. The number of rotatable bonds is 8. The van der Waals surface area contributed by atoms with E-state index in [-0.39, 0.29) is 80.4 Å². The normalized spacial score (nSPS) is 10.3. The Kier molecular flexibility index (Phi) is 33.9. The molecule has 652 valence electrons. The van der Waals surface area contributed by atoms with Crippen LogP contribution in [0.1, 0.15) is 22.3 Å². The van der Waals surface area contributed by atoms with Crippen molar-refractivity contribution in [2.45, 2.75) is 27.7 Å². The van der Waals surface area contributed by atoms with Gasteiger partial charge in [0.05, 0.1) is 33.3 Å². The smallest absolute Gasteiger partial charge is 0.141 e. The molecule has 8 aromatic carbocycles. The third kappa shape index (κ3) is 24.1. The molecular weight excluding hydrogens is 2350 g/mol. The molecule has 0 saturated heterocycles. The average molecular weight is 2420 g/mol. The van der Waals surface area contributed by atoms with Crippen molar-refractivity contribution in [3.8, 4) is 90.3 Å². The topological polar surface area (TPSA) is 207 Å². The van der Waals surface area contributed by atoms with E-state index in [0.29, 0.717) is 5.71 Å². The van der Waals surface area contributed by atoms with Gasteiger partial charge in [0.25, 0.3) is 0 Å². The molecule has 0 bridgehead atoms. The zero-order valence-electron chi connectivity index (χ0n) is 71.3. The third-order valence-corrected chi connectivity index (χ3v) is 20.2. The van der Waals surface area contributed by atoms with Gasteiger partial charge in [-0.15, -0.1) is 185 Å². The largest absolute Gasteiger partial charge is 0.513 e. The summed E-state index contributed by atoms with van der Waals surface area (Å²) in [7, 11) is 0. The van der Waals surface area contributed by atoms with Gasteiger partial charge >= 0.3 is 0 Å². The number of para-hydroxylation sites is 3. The number of aromatic nitrogens is 12. The number of hydrogen-bond acceptors (Lipinski definition) is 16. The monoisotopic (exact) mass is 2420 g/mol. The van der Waals surface area contributed by atoms with E-state index in [1.807, 2.05) is 348 Å². The Morgan fingerprint density at radius 3 is 1.09 bits per heavy atom. The zero-order valence-corrected chi connectivity index (χ0v) is 80.9. The minimum Gasteiger partial charge on any atom is -0.513 e. The Morgan fingerprint density at radius 1 is 0.227 bits per heavy atom. The van der Waals surface area contributed by atoms with E-state index in [1.165, 1.54) is 16.7 Å². The SMILES string of the molecule is Cc1ccnc(-c2[c-]cc3oc4ccccc4c3n2)c1.Cc1ccnc(-c2[c-]nc3oc4ccccc4c3c2)c1.Cc1cnc(-c2[c-]cccc2)cc1C.[Ir].[Ir].[Ir].[Ir].[c-]1cc2c(cc1-c1ccccn1)oc1cccnc12.[c-]1cc2oc3ccccc3c2nc1-c1ccccn1.[c-]1ccccc1-c1ccccn1.[c-]1ccccc1-c1ccccn1.[c-]1ccccc1-c1ccccn1. The summed E-state index contributed by atoms with van der Waals surface area (Å²) >= 11 is 0. The maximum atomic E-state index is 5.80. The Morgan fingerprint density at radius 2 is 0.621 bits per heavy atom. The molecule has 0 spiro atoms. The summed E-state index contributed by atoms with van der Waals surface area (Å²) in [5, 5.41) is 5.08. The first kappa shape index (κ1) is 95.0. The van der Waals surface area contributed by atoms with Crippen LogP contribution in [0.15, 0.2) is 407 Å². The quantitative estimate of drug-likeness (QED) is 0.130. The van der Waals surface area contributed by atoms with Crippen LogP contribution in [0.2, 0.25) is 0 Å². The summed E-state index contributed by atoms with van der Waals surface area (Å²) in [5.74, 6) is 0. The molecule has 16 aromatic heterocycles. The van der Waals surface area contributed by atoms with Gasteiger partial charge in [-0.05, 0) is 180 Å². The van der Waals surface area contributed by atoms with Crippen molar-refractivity contribution < 1.29 is 98.1 Å². The first-order valence-electron chi connectivity index (χ1n) is 41.2. The van der Waals surface area contributed by atoms with Crippen molar-refractivity contribution in [1.82, 2.24) is 59.8 Å². The summed E-state index contributed by atoms with van der Waals surface area (Å²) in [6.45, 7) is 8.26. The van der Waals surface area contributed by atoms with Crippen molar-refractivity contribution >= 4 is 88.3 Å².